The van der Waals surface area contributed by atoms with Crippen molar-refractivity contribution in [1.82, 2.24) is 10.2 Å². The lowest BCUT2D eigenvalue weighted by Gasteiger charge is -2.23. The van der Waals surface area contributed by atoms with Gasteiger partial charge in [0.25, 0.3) is 0 Å². The summed E-state index contributed by atoms with van der Waals surface area (Å²) in [6.07, 6.45) is -2.87. The summed E-state index contributed by atoms with van der Waals surface area (Å²) in [5.74, 6) is 0.769. The number of nitrogens with one attached hydrogen (secondary N) is 2. The lowest BCUT2D eigenvalue weighted by molar-refractivity contribution is -0.153. The number of alkyl halides is 3. The maximum Gasteiger partial charge on any atom is 0.422 e. The number of benzene rings is 1. The van der Waals surface area contributed by atoms with Crippen LogP contribution < -0.4 is 15.4 Å². The fourth-order valence-corrected chi connectivity index (χ4v) is 2.44. The minimum absolute atomic E-state index is 0.0619. The standard InChI is InChI=1S/C18H22F3N3O3/c1-12-13(6-4-7-15(12)27-11-18(19,20)21)23-17(25)22-10-14(24(2)3)16-8-5-9-26-16/h4-9,14H,10-11H2,1-3H3,(H2,22,23,25). The normalized spacial score (nSPS) is 12.7. The second-order valence-electron chi connectivity index (χ2n) is 6.16. The third-order valence-electron chi connectivity index (χ3n) is 3.87. The van der Waals surface area contributed by atoms with E-state index in [1.54, 1.807) is 25.3 Å². The van der Waals surface area contributed by atoms with Gasteiger partial charge in [-0.2, -0.15) is 13.2 Å². The van der Waals surface area contributed by atoms with Gasteiger partial charge in [0.2, 0.25) is 0 Å². The maximum absolute atomic E-state index is 12.3. The molecule has 0 spiro atoms. The number of furan rings is 1. The summed E-state index contributed by atoms with van der Waals surface area (Å²) in [5.41, 5.74) is 0.777. The molecule has 2 aromatic rings. The van der Waals surface area contributed by atoms with Crippen LogP contribution in [0.1, 0.15) is 17.4 Å². The largest absolute Gasteiger partial charge is 0.484 e. The van der Waals surface area contributed by atoms with Crippen molar-refractivity contribution in [3.63, 3.8) is 0 Å². The Hall–Kier alpha value is -2.68. The summed E-state index contributed by atoms with van der Waals surface area (Å²) in [7, 11) is 3.72. The van der Waals surface area contributed by atoms with Gasteiger partial charge in [0.05, 0.1) is 12.3 Å². The molecule has 0 saturated heterocycles. The molecule has 2 N–H and O–H groups in total. The Morgan fingerprint density at radius 1 is 1.26 bits per heavy atom. The van der Waals surface area contributed by atoms with Gasteiger partial charge in [-0.1, -0.05) is 6.07 Å². The first-order valence-electron chi connectivity index (χ1n) is 8.21. The molecular weight excluding hydrogens is 363 g/mol. The van der Waals surface area contributed by atoms with Crippen LogP contribution in [0.2, 0.25) is 0 Å². The highest BCUT2D eigenvalue weighted by Gasteiger charge is 2.28. The van der Waals surface area contributed by atoms with E-state index in [1.807, 2.05) is 25.1 Å². The van der Waals surface area contributed by atoms with Gasteiger partial charge in [-0.05, 0) is 45.3 Å². The van der Waals surface area contributed by atoms with Gasteiger partial charge in [-0.15, -0.1) is 0 Å². The quantitative estimate of drug-likeness (QED) is 0.757. The number of hydrogen-bond donors (Lipinski definition) is 2. The molecule has 1 atom stereocenters. The lowest BCUT2D eigenvalue weighted by atomic mass is 10.2. The van der Waals surface area contributed by atoms with Crippen LogP contribution in [0.5, 0.6) is 5.75 Å². The number of nitrogens with zero attached hydrogens (tertiary/aromatic N) is 1. The highest BCUT2D eigenvalue weighted by Crippen LogP contribution is 2.27. The Morgan fingerprint density at radius 3 is 2.59 bits per heavy atom. The first-order chi connectivity index (χ1) is 12.7. The van der Waals surface area contributed by atoms with E-state index in [4.69, 9.17) is 9.15 Å². The van der Waals surface area contributed by atoms with Crippen molar-refractivity contribution < 1.29 is 27.1 Å². The molecule has 148 valence electrons. The molecule has 1 aromatic heterocycles. The molecule has 27 heavy (non-hydrogen) atoms. The van der Waals surface area contributed by atoms with E-state index in [9.17, 15) is 18.0 Å². The average molecular weight is 385 g/mol. The van der Waals surface area contributed by atoms with Gasteiger partial charge < -0.3 is 19.8 Å². The number of likely N-dealkylation sites (N-methyl/N-ethyl adjacent to an activating group) is 1. The van der Waals surface area contributed by atoms with E-state index < -0.39 is 18.8 Å². The number of ether oxygens (including phenoxy) is 1. The van der Waals surface area contributed by atoms with Gasteiger partial charge in [0.15, 0.2) is 6.61 Å². The van der Waals surface area contributed by atoms with Crippen molar-refractivity contribution in [2.24, 2.45) is 0 Å². The molecule has 2 amide bonds. The van der Waals surface area contributed by atoms with Crippen molar-refractivity contribution in [1.29, 1.82) is 0 Å². The average Bonchev–Trinajstić information content (AvgIpc) is 3.09. The van der Waals surface area contributed by atoms with Crippen LogP contribution in [0.15, 0.2) is 41.0 Å². The summed E-state index contributed by atoms with van der Waals surface area (Å²) < 4.78 is 47.1. The topological polar surface area (TPSA) is 66.7 Å². The first kappa shape index (κ1) is 20.6. The number of urea groups is 1. The van der Waals surface area contributed by atoms with E-state index in [2.05, 4.69) is 10.6 Å². The molecule has 0 aliphatic rings. The minimum Gasteiger partial charge on any atom is -0.484 e. The van der Waals surface area contributed by atoms with Gasteiger partial charge in [0.1, 0.15) is 11.5 Å². The summed E-state index contributed by atoms with van der Waals surface area (Å²) in [4.78, 5) is 14.1. The van der Waals surface area contributed by atoms with E-state index >= 15 is 0 Å². The zero-order valence-electron chi connectivity index (χ0n) is 15.3. The smallest absolute Gasteiger partial charge is 0.422 e. The fourth-order valence-electron chi connectivity index (χ4n) is 2.44. The Labute approximate surface area is 155 Å². The summed E-state index contributed by atoms with van der Waals surface area (Å²) >= 11 is 0. The number of hydrogen-bond acceptors (Lipinski definition) is 4. The highest BCUT2D eigenvalue weighted by molar-refractivity contribution is 5.90. The molecule has 9 heteroatoms. The van der Waals surface area contributed by atoms with Crippen LogP contribution in [0.3, 0.4) is 0 Å². The first-order valence-corrected chi connectivity index (χ1v) is 8.21. The number of carbonyl (C=O) groups excluding carboxylic acids is 1. The molecule has 0 fully saturated rings. The molecule has 0 aliphatic carbocycles. The van der Waals surface area contributed by atoms with Gasteiger partial charge >= 0.3 is 12.2 Å². The second-order valence-corrected chi connectivity index (χ2v) is 6.16. The van der Waals surface area contributed by atoms with Crippen LogP contribution in [0, 0.1) is 6.92 Å². The molecule has 1 aromatic carbocycles. The highest BCUT2D eigenvalue weighted by atomic mass is 19.4. The van der Waals surface area contributed by atoms with Crippen LogP contribution in [-0.4, -0.2) is 44.4 Å². The Bertz CT molecular complexity index is 746. The number of carbonyl (C=O) groups is 1. The molecular formula is C18H22F3N3O3. The van der Waals surface area contributed by atoms with Crippen molar-refractivity contribution in [3.8, 4) is 5.75 Å². The van der Waals surface area contributed by atoms with Crippen molar-refractivity contribution in [2.75, 3.05) is 32.6 Å². The Morgan fingerprint density at radius 2 is 2.00 bits per heavy atom. The summed E-state index contributed by atoms with van der Waals surface area (Å²) in [6.45, 7) is 0.472. The Kier molecular flexibility index (Phi) is 6.73. The molecule has 0 aliphatic heterocycles. The maximum atomic E-state index is 12.3. The summed E-state index contributed by atoms with van der Waals surface area (Å²) in [6, 6.07) is 7.46. The van der Waals surface area contributed by atoms with Gasteiger partial charge in [-0.3, -0.25) is 4.90 Å². The van der Waals surface area contributed by atoms with Crippen LogP contribution in [0.4, 0.5) is 23.7 Å². The number of anilines is 1. The molecule has 0 saturated carbocycles. The van der Waals surface area contributed by atoms with Crippen LogP contribution in [0.25, 0.3) is 0 Å². The van der Waals surface area contributed by atoms with E-state index in [1.165, 1.54) is 12.1 Å². The Balaban J connectivity index is 1.97. The zero-order valence-corrected chi connectivity index (χ0v) is 15.3. The van der Waals surface area contributed by atoms with E-state index in [-0.39, 0.29) is 18.3 Å². The lowest BCUT2D eigenvalue weighted by Crippen LogP contribution is -2.36. The third-order valence-corrected chi connectivity index (χ3v) is 3.87. The number of halogens is 3. The van der Waals surface area contributed by atoms with E-state index in [0.717, 1.165) is 0 Å². The predicted octanol–water partition coefficient (Wildman–Crippen LogP) is 3.95. The molecule has 6 nitrogen and oxygen atoms in total. The predicted molar refractivity (Wildman–Crippen MR) is 94.9 cm³/mol. The summed E-state index contributed by atoms with van der Waals surface area (Å²) in [5, 5.41) is 5.36. The second kappa shape index (κ2) is 8.81. The number of amides is 2. The van der Waals surface area contributed by atoms with Crippen molar-refractivity contribution in [2.45, 2.75) is 19.1 Å². The third kappa shape index (κ3) is 6.21. The fraction of sp³-hybridized carbons (Fsp3) is 0.389. The monoisotopic (exact) mass is 385 g/mol. The van der Waals surface area contributed by atoms with Gasteiger partial charge in [-0.25, -0.2) is 4.79 Å². The van der Waals surface area contributed by atoms with Crippen molar-refractivity contribution in [3.05, 3.63) is 47.9 Å². The molecule has 0 radical (unpaired) electrons. The van der Waals surface area contributed by atoms with E-state index in [0.29, 0.717) is 17.0 Å². The van der Waals surface area contributed by atoms with Crippen LogP contribution in [-0.2, 0) is 0 Å². The molecule has 2 rings (SSSR count). The number of rotatable bonds is 7. The molecule has 1 unspecified atom stereocenters. The minimum atomic E-state index is -4.43. The van der Waals surface area contributed by atoms with Crippen molar-refractivity contribution >= 4 is 11.7 Å². The molecule has 1 heterocycles. The SMILES string of the molecule is Cc1c(NC(=O)NCC(c2ccco2)N(C)C)cccc1OCC(F)(F)F. The zero-order chi connectivity index (χ0) is 20.0. The molecule has 0 bridgehead atoms. The van der Waals surface area contributed by atoms with Gasteiger partial charge in [0, 0.05) is 17.8 Å². The van der Waals surface area contributed by atoms with Crippen LogP contribution >= 0.6 is 0 Å².